The zero-order valence-electron chi connectivity index (χ0n) is 34.3. The number of oxime groups is 1. The molecule has 5 aromatic carbocycles. The summed E-state index contributed by atoms with van der Waals surface area (Å²) in [6.07, 6.45) is 5.16. The first-order chi connectivity index (χ1) is 26.9. The molecule has 0 radical (unpaired) electrons. The molecule has 0 aliphatic heterocycles. The third-order valence-electron chi connectivity index (χ3n) is 11.1. The van der Waals surface area contributed by atoms with Crippen molar-refractivity contribution in [1.29, 1.82) is 0 Å². The Balaban J connectivity index is 1.61. The predicted octanol–water partition coefficient (Wildman–Crippen LogP) is 11.4. The Morgan fingerprint density at radius 1 is 0.839 bits per heavy atom. The van der Waals surface area contributed by atoms with E-state index in [1.807, 2.05) is 64.1 Å². The van der Waals surface area contributed by atoms with Gasteiger partial charge in [0.1, 0.15) is 11.5 Å². The van der Waals surface area contributed by atoms with Crippen LogP contribution in [-0.4, -0.2) is 40.4 Å². The lowest BCUT2D eigenvalue weighted by Gasteiger charge is -2.22. The molecular formula is C49H56N2O5. The number of fused-ring (bicyclic) bond motifs is 5. The molecule has 0 fully saturated rings. The summed E-state index contributed by atoms with van der Waals surface area (Å²) < 4.78 is 8.78. The molecule has 1 N–H and O–H groups in total. The third-order valence-corrected chi connectivity index (χ3v) is 11.1. The fourth-order valence-electron chi connectivity index (χ4n) is 8.01. The number of benzene rings is 5. The second kappa shape index (κ2) is 17.3. The molecule has 0 saturated carbocycles. The maximum absolute atomic E-state index is 14.8. The van der Waals surface area contributed by atoms with Crippen LogP contribution in [0.15, 0.2) is 90.1 Å². The van der Waals surface area contributed by atoms with Crippen molar-refractivity contribution >= 4 is 50.0 Å². The number of rotatable bonds is 16. The van der Waals surface area contributed by atoms with Gasteiger partial charge in [-0.3, -0.25) is 4.79 Å². The van der Waals surface area contributed by atoms with Crippen LogP contribution in [0.25, 0.3) is 32.6 Å². The lowest BCUT2D eigenvalue weighted by Crippen LogP contribution is -2.20. The topological polar surface area (TPSA) is 90.1 Å². The average Bonchev–Trinajstić information content (AvgIpc) is 3.48. The van der Waals surface area contributed by atoms with Crippen LogP contribution >= 0.6 is 0 Å². The summed E-state index contributed by atoms with van der Waals surface area (Å²) in [5, 5.41) is 18.2. The summed E-state index contributed by atoms with van der Waals surface area (Å²) in [6.45, 7) is 17.2. The van der Waals surface area contributed by atoms with E-state index in [1.54, 1.807) is 0 Å². The van der Waals surface area contributed by atoms with Crippen LogP contribution in [0.1, 0.15) is 110 Å². The Labute approximate surface area is 331 Å². The summed E-state index contributed by atoms with van der Waals surface area (Å²) >= 11 is 0. The second-order valence-corrected chi connectivity index (χ2v) is 16.2. The first kappa shape index (κ1) is 40.4. The molecule has 6 aromatic rings. The first-order valence-electron chi connectivity index (χ1n) is 20.1. The number of unbranched alkanes of at least 4 members (excludes halogenated alkanes) is 1. The predicted molar refractivity (Wildman–Crippen MR) is 229 cm³/mol. The number of aryl methyl sites for hydroxylation is 3. The average molecular weight is 753 g/mol. The van der Waals surface area contributed by atoms with Crippen molar-refractivity contribution in [2.45, 2.75) is 94.0 Å². The van der Waals surface area contributed by atoms with Crippen molar-refractivity contribution in [3.8, 4) is 5.75 Å². The van der Waals surface area contributed by atoms with Gasteiger partial charge in [-0.25, -0.2) is 4.79 Å². The van der Waals surface area contributed by atoms with Gasteiger partial charge in [0.05, 0.1) is 12.1 Å². The standard InChI is InChI=1S/C49H56N2O5/c1-9-11-16-35(10-2)29-51-43-22-21-36(46(50-56-34(6)53)39-19-14-15-20-44(39)55-24-23-49(7,8)30-52)27-40(43)41-28-42(37-17-12-13-18-38(37)47(41)51)48(54)45-32(4)25-31(3)26-33(45)5/h12-15,17-22,25-28,35,52H,9-11,16,23-24,29-30H2,1-8H3. The number of aliphatic hydroxyl groups excluding tert-OH is 1. The highest BCUT2D eigenvalue weighted by Crippen LogP contribution is 2.39. The maximum Gasteiger partial charge on any atom is 0.332 e. The number of carbonyl (C=O) groups excluding carboxylic acids is 2. The van der Waals surface area contributed by atoms with E-state index in [4.69, 9.17) is 9.57 Å². The summed E-state index contributed by atoms with van der Waals surface area (Å²) in [6, 6.07) is 28.4. The van der Waals surface area contributed by atoms with E-state index in [2.05, 4.69) is 79.0 Å². The SMILES string of the molecule is CCCCC(CC)Cn1c2ccc(C(=NOC(C)=O)c3ccccc3OCCC(C)(C)CO)cc2c2cc(C(=O)c3c(C)cc(C)cc3C)c3ccccc3c21. The highest BCUT2D eigenvalue weighted by molar-refractivity contribution is 6.27. The van der Waals surface area contributed by atoms with E-state index >= 15 is 0 Å². The molecule has 0 saturated heterocycles. The van der Waals surface area contributed by atoms with Crippen LogP contribution in [0.3, 0.4) is 0 Å². The molecule has 0 spiro atoms. The molecule has 0 aliphatic rings. The Kier molecular flexibility index (Phi) is 12.4. The fourth-order valence-corrected chi connectivity index (χ4v) is 8.01. The lowest BCUT2D eigenvalue weighted by molar-refractivity contribution is -0.140. The number of carbonyl (C=O) groups is 2. The number of para-hydroxylation sites is 1. The van der Waals surface area contributed by atoms with E-state index < -0.39 is 5.97 Å². The van der Waals surface area contributed by atoms with E-state index in [-0.39, 0.29) is 17.8 Å². The molecule has 0 aliphatic carbocycles. The van der Waals surface area contributed by atoms with Crippen LogP contribution < -0.4 is 4.74 Å². The molecule has 56 heavy (non-hydrogen) atoms. The summed E-state index contributed by atoms with van der Waals surface area (Å²) in [4.78, 5) is 32.3. The smallest absolute Gasteiger partial charge is 0.332 e. The summed E-state index contributed by atoms with van der Waals surface area (Å²) in [5.74, 6) is 0.556. The van der Waals surface area contributed by atoms with Crippen LogP contribution in [0, 0.1) is 32.1 Å². The largest absolute Gasteiger partial charge is 0.493 e. The van der Waals surface area contributed by atoms with Gasteiger partial charge in [0.25, 0.3) is 0 Å². The van der Waals surface area contributed by atoms with Gasteiger partial charge in [-0.2, -0.15) is 0 Å². The Morgan fingerprint density at radius 2 is 1.54 bits per heavy atom. The molecular weight excluding hydrogens is 697 g/mol. The van der Waals surface area contributed by atoms with Gasteiger partial charge in [-0.05, 0) is 91.8 Å². The van der Waals surface area contributed by atoms with Crippen molar-refractivity contribution in [3.63, 3.8) is 0 Å². The number of aromatic nitrogens is 1. The molecule has 7 nitrogen and oxygen atoms in total. The van der Waals surface area contributed by atoms with Gasteiger partial charge in [0.15, 0.2) is 5.78 Å². The van der Waals surface area contributed by atoms with E-state index in [9.17, 15) is 14.7 Å². The quantitative estimate of drug-likeness (QED) is 0.0460. The van der Waals surface area contributed by atoms with E-state index in [0.717, 1.165) is 86.2 Å². The van der Waals surface area contributed by atoms with Crippen molar-refractivity contribution in [2.24, 2.45) is 16.5 Å². The minimum absolute atomic E-state index is 0.0112. The van der Waals surface area contributed by atoms with Gasteiger partial charge in [0, 0.05) is 64.0 Å². The highest BCUT2D eigenvalue weighted by atomic mass is 16.7. The molecule has 1 atom stereocenters. The Hall–Kier alpha value is -5.27. The summed E-state index contributed by atoms with van der Waals surface area (Å²) in [7, 11) is 0. The number of nitrogens with zero attached hydrogens (tertiary/aromatic N) is 2. The second-order valence-electron chi connectivity index (χ2n) is 16.2. The third kappa shape index (κ3) is 8.43. The number of ketones is 1. The zero-order valence-corrected chi connectivity index (χ0v) is 34.3. The monoisotopic (exact) mass is 752 g/mol. The first-order valence-corrected chi connectivity index (χ1v) is 20.1. The number of hydrogen-bond acceptors (Lipinski definition) is 6. The normalized spacial score (nSPS) is 12.8. The molecule has 0 amide bonds. The minimum atomic E-state index is -0.530. The van der Waals surface area contributed by atoms with Crippen LogP contribution in [0.5, 0.6) is 5.75 Å². The van der Waals surface area contributed by atoms with Crippen molar-refractivity contribution in [2.75, 3.05) is 13.2 Å². The molecule has 292 valence electrons. The van der Waals surface area contributed by atoms with Crippen molar-refractivity contribution in [1.82, 2.24) is 4.57 Å². The fraction of sp³-hybridized carbons (Fsp3) is 0.367. The van der Waals surface area contributed by atoms with Crippen molar-refractivity contribution < 1.29 is 24.3 Å². The molecule has 1 heterocycles. The number of hydrogen-bond donors (Lipinski definition) is 1. The summed E-state index contributed by atoms with van der Waals surface area (Å²) in [5.41, 5.74) is 8.23. The van der Waals surface area contributed by atoms with E-state index in [0.29, 0.717) is 41.5 Å². The number of ether oxygens (including phenoxy) is 1. The van der Waals surface area contributed by atoms with Gasteiger partial charge in [0.2, 0.25) is 0 Å². The van der Waals surface area contributed by atoms with Crippen LogP contribution in [0.4, 0.5) is 0 Å². The molecule has 1 aromatic heterocycles. The highest BCUT2D eigenvalue weighted by Gasteiger charge is 2.25. The number of aliphatic hydroxyl groups is 1. The van der Waals surface area contributed by atoms with Crippen LogP contribution in [-0.2, 0) is 16.2 Å². The molecule has 6 rings (SSSR count). The van der Waals surface area contributed by atoms with Gasteiger partial charge < -0.3 is 19.2 Å². The minimum Gasteiger partial charge on any atom is -0.493 e. The lowest BCUT2D eigenvalue weighted by atomic mass is 9.89. The van der Waals surface area contributed by atoms with Gasteiger partial charge in [-0.15, -0.1) is 0 Å². The zero-order chi connectivity index (χ0) is 40.1. The van der Waals surface area contributed by atoms with Gasteiger partial charge in [-0.1, -0.05) is 112 Å². The molecule has 1 unspecified atom stereocenters. The van der Waals surface area contributed by atoms with Crippen LogP contribution in [0.2, 0.25) is 0 Å². The molecule has 7 heteroatoms. The van der Waals surface area contributed by atoms with E-state index in [1.165, 1.54) is 13.3 Å². The van der Waals surface area contributed by atoms with Gasteiger partial charge >= 0.3 is 5.97 Å². The molecule has 0 bridgehead atoms. The van der Waals surface area contributed by atoms with Crippen molar-refractivity contribution in [3.05, 3.63) is 124 Å². The Bertz CT molecular complexity index is 2410. The Morgan fingerprint density at radius 3 is 2.21 bits per heavy atom. The maximum atomic E-state index is 14.8.